The van der Waals surface area contributed by atoms with E-state index in [4.69, 9.17) is 20.3 Å². The predicted molar refractivity (Wildman–Crippen MR) is 63.9 cm³/mol. The average molecular weight is 307 g/mol. The Morgan fingerprint density at radius 2 is 2.25 bits per heavy atom. The van der Waals surface area contributed by atoms with Crippen LogP contribution in [0.1, 0.15) is 6.23 Å². The second-order valence-electron chi connectivity index (χ2n) is 3.90. The molecule has 0 unspecified atom stereocenters. The average Bonchev–Trinajstić information content (AvgIpc) is 2.79. The van der Waals surface area contributed by atoms with Gasteiger partial charge in [-0.3, -0.25) is 9.09 Å². The molecule has 0 amide bonds. The number of halogens is 1. The number of phosphoric ester groups is 1. The van der Waals surface area contributed by atoms with Crippen molar-refractivity contribution in [1.82, 2.24) is 9.55 Å². The summed E-state index contributed by atoms with van der Waals surface area (Å²) in [4.78, 5) is 31.9. The Hall–Kier alpha value is -1.58. The van der Waals surface area contributed by atoms with Crippen molar-refractivity contribution in [3.05, 3.63) is 34.7 Å². The first kappa shape index (κ1) is 14.8. The van der Waals surface area contributed by atoms with Crippen LogP contribution in [0.25, 0.3) is 0 Å². The lowest BCUT2D eigenvalue weighted by atomic mass is 10.4. The number of nitrogens with zero attached hydrogens (tertiary/aromatic N) is 2. The van der Waals surface area contributed by atoms with Crippen molar-refractivity contribution in [2.24, 2.45) is 0 Å². The summed E-state index contributed by atoms with van der Waals surface area (Å²) >= 11 is 0. The predicted octanol–water partition coefficient (Wildman–Crippen LogP) is -0.473. The zero-order chi connectivity index (χ0) is 14.9. The van der Waals surface area contributed by atoms with Crippen molar-refractivity contribution in [3.63, 3.8) is 0 Å². The molecule has 1 aliphatic rings. The van der Waals surface area contributed by atoms with Gasteiger partial charge in [-0.15, -0.1) is 0 Å². The summed E-state index contributed by atoms with van der Waals surface area (Å²) in [6.45, 7) is -0.406. The van der Waals surface area contributed by atoms with E-state index in [2.05, 4.69) is 9.51 Å². The van der Waals surface area contributed by atoms with Crippen LogP contribution in [-0.2, 0) is 13.8 Å². The standard InChI is InChI=1S/C9H11FN3O6P/c10-6-3-13(9(14)12-8(6)11)7-2-1-5(19-7)4-18-20(15,16)17/h1-3,5,7H,4H2,(H2,11,12,14)(H2,15,16,17)/t5-,7+/m1/s1. The molecule has 0 saturated heterocycles. The van der Waals surface area contributed by atoms with Crippen LogP contribution in [0.2, 0.25) is 0 Å². The molecule has 4 N–H and O–H groups in total. The molecule has 2 heterocycles. The smallest absolute Gasteiger partial charge is 0.381 e. The fraction of sp³-hybridized carbons (Fsp3) is 0.333. The Morgan fingerprint density at radius 3 is 2.90 bits per heavy atom. The molecule has 1 aromatic heterocycles. The molecule has 2 rings (SSSR count). The molecule has 11 heteroatoms. The van der Waals surface area contributed by atoms with Gasteiger partial charge in [0.15, 0.2) is 17.9 Å². The number of anilines is 1. The first-order valence-corrected chi connectivity index (χ1v) is 6.87. The number of nitrogens with two attached hydrogens (primary N) is 1. The van der Waals surface area contributed by atoms with Gasteiger partial charge in [-0.2, -0.15) is 4.98 Å². The first-order valence-electron chi connectivity index (χ1n) is 5.34. The van der Waals surface area contributed by atoms with E-state index >= 15 is 0 Å². The summed E-state index contributed by atoms with van der Waals surface area (Å²) in [5.41, 5.74) is 4.34. The molecular weight excluding hydrogens is 296 g/mol. The van der Waals surface area contributed by atoms with Crippen molar-refractivity contribution in [3.8, 4) is 0 Å². The maximum Gasteiger partial charge on any atom is 0.469 e. The van der Waals surface area contributed by atoms with Gasteiger partial charge < -0.3 is 20.3 Å². The van der Waals surface area contributed by atoms with Crippen molar-refractivity contribution in [1.29, 1.82) is 0 Å². The number of hydrogen-bond donors (Lipinski definition) is 3. The van der Waals surface area contributed by atoms with Crippen molar-refractivity contribution >= 4 is 13.6 Å². The Balaban J connectivity index is 2.07. The molecule has 20 heavy (non-hydrogen) atoms. The molecule has 9 nitrogen and oxygen atoms in total. The normalized spacial score (nSPS) is 22.4. The third kappa shape index (κ3) is 3.50. The van der Waals surface area contributed by atoms with Crippen molar-refractivity contribution < 1.29 is 28.0 Å². The topological polar surface area (TPSA) is 137 Å². The van der Waals surface area contributed by atoms with Gasteiger partial charge in [0.25, 0.3) is 0 Å². The summed E-state index contributed by atoms with van der Waals surface area (Å²) in [5, 5.41) is 0. The molecule has 1 aromatic rings. The first-order chi connectivity index (χ1) is 9.26. The molecule has 1 aliphatic heterocycles. The molecule has 0 radical (unpaired) electrons. The number of nitrogen functional groups attached to an aromatic ring is 1. The van der Waals surface area contributed by atoms with Gasteiger partial charge in [0.1, 0.15) is 6.10 Å². The Morgan fingerprint density at radius 1 is 1.55 bits per heavy atom. The van der Waals surface area contributed by atoms with Gasteiger partial charge in [0.2, 0.25) is 0 Å². The van der Waals surface area contributed by atoms with E-state index in [9.17, 15) is 13.8 Å². The fourth-order valence-electron chi connectivity index (χ4n) is 1.55. The molecule has 0 fully saturated rings. The molecule has 0 spiro atoms. The van der Waals surface area contributed by atoms with Crippen molar-refractivity contribution in [2.75, 3.05) is 12.3 Å². The number of ether oxygens (including phenoxy) is 1. The second-order valence-corrected chi connectivity index (χ2v) is 5.14. The van der Waals surface area contributed by atoms with E-state index in [1.165, 1.54) is 12.2 Å². The number of phosphoric acid groups is 1. The van der Waals surface area contributed by atoms with Crippen LogP contribution in [-0.4, -0.2) is 32.0 Å². The molecular formula is C9H11FN3O6P. The molecule has 2 atom stereocenters. The lowest BCUT2D eigenvalue weighted by Gasteiger charge is -2.16. The zero-order valence-corrected chi connectivity index (χ0v) is 10.8. The quantitative estimate of drug-likeness (QED) is 0.501. The van der Waals surface area contributed by atoms with Crippen LogP contribution in [0.3, 0.4) is 0 Å². The van der Waals surface area contributed by atoms with E-state index < -0.39 is 44.1 Å². The minimum absolute atomic E-state index is 0.406. The molecule has 0 aromatic carbocycles. The van der Waals surface area contributed by atoms with Crippen LogP contribution >= 0.6 is 7.82 Å². The maximum atomic E-state index is 13.3. The van der Waals surface area contributed by atoms with Gasteiger partial charge in [0.05, 0.1) is 12.8 Å². The van der Waals surface area contributed by atoms with Gasteiger partial charge in [-0.25, -0.2) is 13.8 Å². The van der Waals surface area contributed by atoms with Crippen LogP contribution in [0.15, 0.2) is 23.1 Å². The Kier molecular flexibility index (Phi) is 4.02. The van der Waals surface area contributed by atoms with E-state index in [-0.39, 0.29) is 0 Å². The SMILES string of the molecule is Nc1nc(=O)n([C@@H]2C=C[C@H](COP(=O)(O)O)O2)cc1F. The molecule has 110 valence electrons. The van der Waals surface area contributed by atoms with Crippen LogP contribution in [0, 0.1) is 5.82 Å². The largest absolute Gasteiger partial charge is 0.469 e. The summed E-state index contributed by atoms with van der Waals surface area (Å²) in [6.07, 6.45) is 1.95. The highest BCUT2D eigenvalue weighted by Crippen LogP contribution is 2.36. The fourth-order valence-corrected chi connectivity index (χ4v) is 1.89. The number of rotatable bonds is 4. The number of aromatic nitrogens is 2. The summed E-state index contributed by atoms with van der Waals surface area (Å²) in [7, 11) is -4.61. The molecule has 0 saturated carbocycles. The van der Waals surface area contributed by atoms with E-state index in [0.29, 0.717) is 0 Å². The third-order valence-corrected chi connectivity index (χ3v) is 2.91. The van der Waals surface area contributed by atoms with E-state index in [1.54, 1.807) is 0 Å². The van der Waals surface area contributed by atoms with Gasteiger partial charge >= 0.3 is 13.5 Å². The third-order valence-electron chi connectivity index (χ3n) is 2.42. The van der Waals surface area contributed by atoms with Crippen molar-refractivity contribution in [2.45, 2.75) is 12.3 Å². The van der Waals surface area contributed by atoms with Crippen LogP contribution in [0.5, 0.6) is 0 Å². The van der Waals surface area contributed by atoms with Gasteiger partial charge in [-0.1, -0.05) is 6.08 Å². The summed E-state index contributed by atoms with van der Waals surface area (Å²) < 4.78 is 34.2. The minimum Gasteiger partial charge on any atom is -0.381 e. The highest BCUT2D eigenvalue weighted by molar-refractivity contribution is 7.46. The van der Waals surface area contributed by atoms with E-state index in [1.807, 2.05) is 0 Å². The lowest BCUT2D eigenvalue weighted by molar-refractivity contribution is -0.0107. The summed E-state index contributed by atoms with van der Waals surface area (Å²) in [6, 6.07) is 0. The Labute approximate surface area is 111 Å². The van der Waals surface area contributed by atoms with Crippen LogP contribution in [0.4, 0.5) is 10.2 Å². The highest BCUT2D eigenvalue weighted by atomic mass is 31.2. The van der Waals surface area contributed by atoms with Gasteiger partial charge in [0, 0.05) is 0 Å². The van der Waals surface area contributed by atoms with E-state index in [0.717, 1.165) is 10.8 Å². The number of hydrogen-bond acceptors (Lipinski definition) is 6. The zero-order valence-electron chi connectivity index (χ0n) is 9.92. The monoisotopic (exact) mass is 307 g/mol. The molecule has 0 aliphatic carbocycles. The lowest BCUT2D eigenvalue weighted by Crippen LogP contribution is -2.29. The van der Waals surface area contributed by atoms with Gasteiger partial charge in [-0.05, 0) is 6.08 Å². The summed E-state index contributed by atoms with van der Waals surface area (Å²) in [5.74, 6) is -1.40. The highest BCUT2D eigenvalue weighted by Gasteiger charge is 2.25. The second kappa shape index (κ2) is 5.43. The van der Waals surface area contributed by atoms with Crippen LogP contribution < -0.4 is 11.4 Å². The maximum absolute atomic E-state index is 13.3. The minimum atomic E-state index is -4.61. The Bertz CT molecular complexity index is 641. The molecule has 0 bridgehead atoms.